The number of guanidine groups is 1. The van der Waals surface area contributed by atoms with E-state index in [0.717, 1.165) is 27.4 Å². The third kappa shape index (κ3) is 5.27. The Kier molecular flexibility index (Phi) is 6.34. The number of aromatic nitrogens is 2. The van der Waals surface area contributed by atoms with Crippen molar-refractivity contribution in [2.45, 2.75) is 59.0 Å². The Morgan fingerprint density at radius 1 is 1.12 bits per heavy atom. The van der Waals surface area contributed by atoms with E-state index >= 15 is 0 Å². The molecule has 0 bridgehead atoms. The molecule has 2 N–H and O–H groups in total. The molecule has 24 heavy (non-hydrogen) atoms. The van der Waals surface area contributed by atoms with Crippen molar-refractivity contribution in [1.82, 2.24) is 20.6 Å². The molecule has 0 unspecified atom stereocenters. The molecule has 5 nitrogen and oxygen atoms in total. The highest BCUT2D eigenvalue weighted by Crippen LogP contribution is 2.25. The highest BCUT2D eigenvalue weighted by Gasteiger charge is 2.17. The lowest BCUT2D eigenvalue weighted by molar-refractivity contribution is 0.582. The maximum absolute atomic E-state index is 4.69. The molecule has 0 spiro atoms. The summed E-state index contributed by atoms with van der Waals surface area (Å²) >= 11 is 3.40. The van der Waals surface area contributed by atoms with Crippen LogP contribution in [0.2, 0.25) is 0 Å². The van der Waals surface area contributed by atoms with E-state index in [1.807, 2.05) is 0 Å². The van der Waals surface area contributed by atoms with Gasteiger partial charge in [0.05, 0.1) is 29.5 Å². The average Bonchev–Trinajstić information content (AvgIpc) is 3.16. The third-order valence-corrected chi connectivity index (χ3v) is 5.61. The molecule has 0 aromatic carbocycles. The predicted molar refractivity (Wildman–Crippen MR) is 104 cm³/mol. The van der Waals surface area contributed by atoms with Crippen molar-refractivity contribution in [3.05, 3.63) is 32.2 Å². The molecule has 0 aliphatic rings. The number of rotatable bonds is 5. The summed E-state index contributed by atoms with van der Waals surface area (Å²) < 4.78 is 0. The van der Waals surface area contributed by atoms with Crippen LogP contribution in [0.25, 0.3) is 0 Å². The Morgan fingerprint density at radius 3 is 2.38 bits per heavy atom. The van der Waals surface area contributed by atoms with Gasteiger partial charge in [0, 0.05) is 23.2 Å². The van der Waals surface area contributed by atoms with Gasteiger partial charge in [-0.05, 0) is 5.92 Å². The minimum absolute atomic E-state index is 0.0990. The molecule has 2 aromatic heterocycles. The summed E-state index contributed by atoms with van der Waals surface area (Å²) in [6, 6.07) is 0. The number of nitrogens with zero attached hydrogens (tertiary/aromatic N) is 3. The topological polar surface area (TPSA) is 62.2 Å². The number of thiazole rings is 2. The van der Waals surface area contributed by atoms with Crippen molar-refractivity contribution < 1.29 is 0 Å². The van der Waals surface area contributed by atoms with Crippen LogP contribution in [0, 0.1) is 0 Å². The van der Waals surface area contributed by atoms with Gasteiger partial charge in [-0.3, -0.25) is 4.99 Å². The molecule has 7 heteroatoms. The first-order valence-corrected chi connectivity index (χ1v) is 9.89. The van der Waals surface area contributed by atoms with Gasteiger partial charge in [-0.15, -0.1) is 22.7 Å². The van der Waals surface area contributed by atoms with Gasteiger partial charge in [0.2, 0.25) is 0 Å². The molecule has 0 atom stereocenters. The van der Waals surface area contributed by atoms with Crippen molar-refractivity contribution in [3.8, 4) is 0 Å². The summed E-state index contributed by atoms with van der Waals surface area (Å²) in [6.07, 6.45) is 0. The predicted octanol–water partition coefficient (Wildman–Crippen LogP) is 3.89. The number of hydrogen-bond donors (Lipinski definition) is 2. The number of nitrogens with one attached hydrogen (secondary N) is 2. The van der Waals surface area contributed by atoms with Gasteiger partial charge in [-0.2, -0.15) is 0 Å². The van der Waals surface area contributed by atoms with Crippen molar-refractivity contribution in [2.24, 2.45) is 4.99 Å². The molecule has 0 saturated carbocycles. The van der Waals surface area contributed by atoms with Crippen LogP contribution in [0.1, 0.15) is 61.9 Å². The summed E-state index contributed by atoms with van der Waals surface area (Å²) in [5.41, 5.74) is 2.29. The molecule has 0 radical (unpaired) electrons. The zero-order chi connectivity index (χ0) is 17.7. The summed E-state index contributed by atoms with van der Waals surface area (Å²) in [6.45, 7) is 12.2. The number of hydrogen-bond acceptors (Lipinski definition) is 5. The Balaban J connectivity index is 1.85. The Morgan fingerprint density at radius 2 is 1.83 bits per heavy atom. The summed E-state index contributed by atoms with van der Waals surface area (Å²) in [5.74, 6) is 1.23. The van der Waals surface area contributed by atoms with Crippen LogP contribution < -0.4 is 10.6 Å². The minimum Gasteiger partial charge on any atom is -0.351 e. The van der Waals surface area contributed by atoms with Crippen LogP contribution in [0.5, 0.6) is 0 Å². The van der Waals surface area contributed by atoms with Crippen LogP contribution in [0.15, 0.2) is 15.8 Å². The van der Waals surface area contributed by atoms with Crippen LogP contribution in [-0.4, -0.2) is 23.0 Å². The van der Waals surface area contributed by atoms with Gasteiger partial charge >= 0.3 is 0 Å². The molecule has 0 saturated heterocycles. The Hall–Kier alpha value is -1.47. The van der Waals surface area contributed by atoms with E-state index in [9.17, 15) is 0 Å². The second kappa shape index (κ2) is 8.07. The van der Waals surface area contributed by atoms with Crippen LogP contribution in [-0.2, 0) is 18.5 Å². The standard InChI is InChI=1S/C17H27N5S2/c1-11(2)13-10-23-14(22-13)8-20-16(18-6)19-7-12-9-24-15(21-12)17(3,4)5/h9-11H,7-8H2,1-6H3,(H2,18,19,20). The van der Waals surface area contributed by atoms with Gasteiger partial charge in [0.25, 0.3) is 0 Å². The van der Waals surface area contributed by atoms with Crippen LogP contribution in [0.4, 0.5) is 0 Å². The monoisotopic (exact) mass is 365 g/mol. The normalized spacial score (nSPS) is 12.7. The molecule has 0 amide bonds. The third-order valence-electron chi connectivity index (χ3n) is 3.42. The maximum atomic E-state index is 4.69. The fourth-order valence-corrected chi connectivity index (χ4v) is 3.76. The van der Waals surface area contributed by atoms with E-state index in [1.54, 1.807) is 29.7 Å². The molecule has 0 aliphatic carbocycles. The zero-order valence-corrected chi connectivity index (χ0v) is 16.9. The lowest BCUT2D eigenvalue weighted by atomic mass is 9.98. The smallest absolute Gasteiger partial charge is 0.191 e. The first kappa shape index (κ1) is 18.9. The molecular weight excluding hydrogens is 338 g/mol. The van der Waals surface area contributed by atoms with Crippen LogP contribution >= 0.6 is 22.7 Å². The molecule has 132 valence electrons. The van der Waals surface area contributed by atoms with E-state index in [1.165, 1.54) is 0 Å². The van der Waals surface area contributed by atoms with Crippen molar-refractivity contribution in [1.29, 1.82) is 0 Å². The molecular formula is C17H27N5S2. The van der Waals surface area contributed by atoms with Crippen molar-refractivity contribution in [2.75, 3.05) is 7.05 Å². The Labute approximate surface area is 152 Å². The van der Waals surface area contributed by atoms with E-state index in [4.69, 9.17) is 4.98 Å². The van der Waals surface area contributed by atoms with Gasteiger partial charge in [0.1, 0.15) is 5.01 Å². The molecule has 0 fully saturated rings. The van der Waals surface area contributed by atoms with Crippen molar-refractivity contribution >= 4 is 28.6 Å². The van der Waals surface area contributed by atoms with E-state index in [-0.39, 0.29) is 5.41 Å². The van der Waals surface area contributed by atoms with Gasteiger partial charge < -0.3 is 10.6 Å². The SMILES string of the molecule is CN=C(NCc1csc(C(C)(C)C)n1)NCc1nc(C(C)C)cs1. The molecule has 2 aromatic rings. The lowest BCUT2D eigenvalue weighted by Crippen LogP contribution is -2.36. The Bertz CT molecular complexity index is 679. The summed E-state index contributed by atoms with van der Waals surface area (Å²) in [5, 5.41) is 13.1. The molecule has 2 heterocycles. The molecule has 2 rings (SSSR count). The lowest BCUT2D eigenvalue weighted by Gasteiger charge is -2.13. The van der Waals surface area contributed by atoms with Crippen LogP contribution in [0.3, 0.4) is 0 Å². The minimum atomic E-state index is 0.0990. The van der Waals surface area contributed by atoms with Gasteiger partial charge in [-0.25, -0.2) is 9.97 Å². The van der Waals surface area contributed by atoms with Gasteiger partial charge in [-0.1, -0.05) is 34.6 Å². The first-order chi connectivity index (χ1) is 11.3. The fourth-order valence-electron chi connectivity index (χ4n) is 1.96. The maximum Gasteiger partial charge on any atom is 0.191 e. The zero-order valence-electron chi connectivity index (χ0n) is 15.3. The highest BCUT2D eigenvalue weighted by atomic mass is 32.1. The van der Waals surface area contributed by atoms with Crippen molar-refractivity contribution in [3.63, 3.8) is 0 Å². The largest absolute Gasteiger partial charge is 0.351 e. The van der Waals surface area contributed by atoms with E-state index in [2.05, 4.69) is 66.0 Å². The van der Waals surface area contributed by atoms with E-state index in [0.29, 0.717) is 19.0 Å². The first-order valence-electron chi connectivity index (χ1n) is 8.13. The second-order valence-corrected chi connectivity index (χ2v) is 8.79. The van der Waals surface area contributed by atoms with Gasteiger partial charge in [0.15, 0.2) is 5.96 Å². The fraction of sp³-hybridized carbons (Fsp3) is 0.588. The second-order valence-electron chi connectivity index (χ2n) is 6.99. The quantitative estimate of drug-likeness (QED) is 0.623. The highest BCUT2D eigenvalue weighted by molar-refractivity contribution is 7.10. The number of aliphatic imine (C=N–C) groups is 1. The summed E-state index contributed by atoms with van der Waals surface area (Å²) in [7, 11) is 1.78. The molecule has 0 aliphatic heterocycles. The van der Waals surface area contributed by atoms with E-state index < -0.39 is 0 Å². The average molecular weight is 366 g/mol. The summed E-state index contributed by atoms with van der Waals surface area (Å²) in [4.78, 5) is 13.6.